The Hall–Kier alpha value is -2.42. The number of hydrogen-bond donors (Lipinski definition) is 0. The van der Waals surface area contributed by atoms with Crippen molar-refractivity contribution in [3.05, 3.63) is 65.7 Å². The fraction of sp³-hybridized carbons (Fsp3) is 0.263. The number of ether oxygens (including phenoxy) is 1. The first-order chi connectivity index (χ1) is 10.8. The van der Waals surface area contributed by atoms with Crippen LogP contribution >= 0.6 is 0 Å². The van der Waals surface area contributed by atoms with Crippen LogP contribution in [0.15, 0.2) is 59.6 Å². The molecule has 0 bridgehead atoms. The van der Waals surface area contributed by atoms with Gasteiger partial charge in [0.15, 0.2) is 0 Å². The first-order valence-corrected chi connectivity index (χ1v) is 7.63. The van der Waals surface area contributed by atoms with E-state index in [0.717, 1.165) is 24.9 Å². The summed E-state index contributed by atoms with van der Waals surface area (Å²) >= 11 is 0. The standard InChI is InChI=1S/C19H21NO2/c1-2-16-10-12-17(13-11-16)19(21)22-15-7-6-14-20-18-8-4-3-5-9-18/h3-5,8-14H,2,6-7,15H2,1H3. The molecule has 0 aliphatic rings. The third-order valence-electron chi connectivity index (χ3n) is 3.31. The average Bonchev–Trinajstić information content (AvgIpc) is 2.58. The molecule has 0 unspecified atom stereocenters. The van der Waals surface area contributed by atoms with E-state index in [1.165, 1.54) is 5.56 Å². The second-order valence-corrected chi connectivity index (χ2v) is 4.98. The highest BCUT2D eigenvalue weighted by Crippen LogP contribution is 2.09. The summed E-state index contributed by atoms with van der Waals surface area (Å²) in [6.45, 7) is 2.50. The summed E-state index contributed by atoms with van der Waals surface area (Å²) in [4.78, 5) is 16.2. The molecule has 0 aliphatic heterocycles. The van der Waals surface area contributed by atoms with Crippen LogP contribution in [0.1, 0.15) is 35.7 Å². The summed E-state index contributed by atoms with van der Waals surface area (Å²) in [6.07, 6.45) is 4.39. The number of unbranched alkanes of at least 4 members (excludes halogenated alkanes) is 1. The van der Waals surface area contributed by atoms with Gasteiger partial charge in [0, 0.05) is 6.21 Å². The van der Waals surface area contributed by atoms with Gasteiger partial charge in [-0.05, 0) is 49.1 Å². The van der Waals surface area contributed by atoms with E-state index in [-0.39, 0.29) is 5.97 Å². The zero-order valence-corrected chi connectivity index (χ0v) is 12.9. The van der Waals surface area contributed by atoms with Gasteiger partial charge in [-0.3, -0.25) is 4.99 Å². The molecule has 2 rings (SSSR count). The molecule has 0 aromatic heterocycles. The zero-order chi connectivity index (χ0) is 15.6. The third kappa shape index (κ3) is 5.17. The number of nitrogens with zero attached hydrogens (tertiary/aromatic N) is 1. The first kappa shape index (κ1) is 16.0. The average molecular weight is 295 g/mol. The van der Waals surface area contributed by atoms with Crippen LogP contribution < -0.4 is 0 Å². The van der Waals surface area contributed by atoms with Crippen molar-refractivity contribution in [2.75, 3.05) is 6.61 Å². The number of aryl methyl sites for hydroxylation is 1. The van der Waals surface area contributed by atoms with Crippen LogP contribution in [0.5, 0.6) is 0 Å². The Balaban J connectivity index is 1.67. The quantitative estimate of drug-likeness (QED) is 0.426. The number of carbonyl (C=O) groups excluding carboxylic acids is 1. The molecule has 0 spiro atoms. The monoisotopic (exact) mass is 295 g/mol. The highest BCUT2D eigenvalue weighted by atomic mass is 16.5. The van der Waals surface area contributed by atoms with Crippen molar-refractivity contribution in [2.45, 2.75) is 26.2 Å². The van der Waals surface area contributed by atoms with Crippen molar-refractivity contribution in [3.8, 4) is 0 Å². The largest absolute Gasteiger partial charge is 0.462 e. The zero-order valence-electron chi connectivity index (χ0n) is 12.9. The van der Waals surface area contributed by atoms with E-state index >= 15 is 0 Å². The van der Waals surface area contributed by atoms with Crippen molar-refractivity contribution < 1.29 is 9.53 Å². The summed E-state index contributed by atoms with van der Waals surface area (Å²) in [6, 6.07) is 17.3. The van der Waals surface area contributed by atoms with Crippen molar-refractivity contribution in [3.63, 3.8) is 0 Å². The van der Waals surface area contributed by atoms with Crippen LogP contribution in [-0.4, -0.2) is 18.8 Å². The van der Waals surface area contributed by atoms with E-state index in [2.05, 4.69) is 11.9 Å². The van der Waals surface area contributed by atoms with E-state index in [9.17, 15) is 4.79 Å². The van der Waals surface area contributed by atoms with Gasteiger partial charge in [0.25, 0.3) is 0 Å². The number of hydrogen-bond acceptors (Lipinski definition) is 3. The third-order valence-corrected chi connectivity index (χ3v) is 3.31. The molecule has 0 atom stereocenters. The lowest BCUT2D eigenvalue weighted by molar-refractivity contribution is 0.0502. The number of para-hydroxylation sites is 1. The van der Waals surface area contributed by atoms with E-state index < -0.39 is 0 Å². The molecule has 0 aliphatic carbocycles. The maximum atomic E-state index is 11.8. The Morgan fingerprint density at radius 1 is 1.09 bits per heavy atom. The Bertz CT molecular complexity index is 603. The predicted molar refractivity (Wildman–Crippen MR) is 89.9 cm³/mol. The van der Waals surface area contributed by atoms with Gasteiger partial charge in [-0.1, -0.05) is 37.3 Å². The molecule has 2 aromatic carbocycles. The second kappa shape index (κ2) is 8.78. The summed E-state index contributed by atoms with van der Waals surface area (Å²) < 4.78 is 5.25. The molecule has 0 radical (unpaired) electrons. The highest BCUT2D eigenvalue weighted by molar-refractivity contribution is 5.89. The molecular formula is C19H21NO2. The van der Waals surface area contributed by atoms with E-state index in [1.54, 1.807) is 0 Å². The SMILES string of the molecule is CCc1ccc(C(=O)OCCCC=Nc2ccccc2)cc1. The lowest BCUT2D eigenvalue weighted by atomic mass is 10.1. The minimum Gasteiger partial charge on any atom is -0.462 e. The first-order valence-electron chi connectivity index (χ1n) is 7.63. The summed E-state index contributed by atoms with van der Waals surface area (Å²) in [5.74, 6) is -0.261. The van der Waals surface area contributed by atoms with Gasteiger partial charge in [0.1, 0.15) is 0 Å². The molecule has 2 aromatic rings. The number of carbonyl (C=O) groups is 1. The van der Waals surface area contributed by atoms with Gasteiger partial charge in [-0.2, -0.15) is 0 Å². The number of aliphatic imine (C=N–C) groups is 1. The van der Waals surface area contributed by atoms with Gasteiger partial charge in [-0.15, -0.1) is 0 Å². The summed E-state index contributed by atoms with van der Waals surface area (Å²) in [5.41, 5.74) is 2.76. The van der Waals surface area contributed by atoms with Gasteiger partial charge >= 0.3 is 5.97 Å². The van der Waals surface area contributed by atoms with Crippen LogP contribution in [0.2, 0.25) is 0 Å². The molecule has 22 heavy (non-hydrogen) atoms. The summed E-state index contributed by atoms with van der Waals surface area (Å²) in [7, 11) is 0. The van der Waals surface area contributed by atoms with Gasteiger partial charge in [-0.25, -0.2) is 4.79 Å². The van der Waals surface area contributed by atoms with Crippen molar-refractivity contribution in [1.29, 1.82) is 0 Å². The molecule has 0 amide bonds. The normalized spacial score (nSPS) is 10.8. The van der Waals surface area contributed by atoms with Crippen LogP contribution in [0, 0.1) is 0 Å². The minimum absolute atomic E-state index is 0.261. The van der Waals surface area contributed by atoms with Crippen molar-refractivity contribution in [1.82, 2.24) is 0 Å². The van der Waals surface area contributed by atoms with Crippen LogP contribution in [-0.2, 0) is 11.2 Å². The second-order valence-electron chi connectivity index (χ2n) is 4.98. The molecule has 0 saturated carbocycles. The fourth-order valence-corrected chi connectivity index (χ4v) is 1.98. The van der Waals surface area contributed by atoms with Crippen molar-refractivity contribution >= 4 is 17.9 Å². The number of rotatable bonds is 7. The lowest BCUT2D eigenvalue weighted by Crippen LogP contribution is -2.06. The van der Waals surface area contributed by atoms with E-state index in [4.69, 9.17) is 4.74 Å². The Labute approximate surface area is 131 Å². The molecular weight excluding hydrogens is 274 g/mol. The van der Waals surface area contributed by atoms with E-state index in [1.807, 2.05) is 60.8 Å². The number of esters is 1. The molecule has 0 saturated heterocycles. The minimum atomic E-state index is -0.261. The smallest absolute Gasteiger partial charge is 0.338 e. The Kier molecular flexibility index (Phi) is 6.37. The highest BCUT2D eigenvalue weighted by Gasteiger charge is 2.05. The van der Waals surface area contributed by atoms with Crippen molar-refractivity contribution in [2.24, 2.45) is 4.99 Å². The molecule has 0 N–H and O–H groups in total. The molecule has 114 valence electrons. The topological polar surface area (TPSA) is 38.7 Å². The molecule has 3 heteroatoms. The maximum Gasteiger partial charge on any atom is 0.338 e. The van der Waals surface area contributed by atoms with Gasteiger partial charge < -0.3 is 4.74 Å². The molecule has 3 nitrogen and oxygen atoms in total. The predicted octanol–water partition coefficient (Wildman–Crippen LogP) is 4.59. The fourth-order valence-electron chi connectivity index (χ4n) is 1.98. The Morgan fingerprint density at radius 3 is 2.50 bits per heavy atom. The van der Waals surface area contributed by atoms with E-state index in [0.29, 0.717) is 12.2 Å². The molecule has 0 fully saturated rings. The number of benzene rings is 2. The van der Waals surface area contributed by atoms with Gasteiger partial charge in [0.05, 0.1) is 17.9 Å². The maximum absolute atomic E-state index is 11.8. The van der Waals surface area contributed by atoms with Crippen LogP contribution in [0.25, 0.3) is 0 Å². The van der Waals surface area contributed by atoms with Crippen LogP contribution in [0.4, 0.5) is 5.69 Å². The van der Waals surface area contributed by atoms with Gasteiger partial charge in [0.2, 0.25) is 0 Å². The lowest BCUT2D eigenvalue weighted by Gasteiger charge is -2.04. The molecule has 0 heterocycles. The van der Waals surface area contributed by atoms with Crippen LogP contribution in [0.3, 0.4) is 0 Å². The Morgan fingerprint density at radius 2 is 1.82 bits per heavy atom. The summed E-state index contributed by atoms with van der Waals surface area (Å²) in [5, 5.41) is 0.